The first-order valence-electron chi connectivity index (χ1n) is 7.41. The summed E-state index contributed by atoms with van der Waals surface area (Å²) < 4.78 is 0. The molecule has 0 spiro atoms. The summed E-state index contributed by atoms with van der Waals surface area (Å²) in [6, 6.07) is 7.79. The zero-order valence-electron chi connectivity index (χ0n) is 12.4. The van der Waals surface area contributed by atoms with E-state index in [1.807, 2.05) is 18.2 Å². The van der Waals surface area contributed by atoms with Crippen molar-refractivity contribution in [1.29, 1.82) is 0 Å². The van der Waals surface area contributed by atoms with Gasteiger partial charge >= 0.3 is 5.97 Å². The second kappa shape index (κ2) is 6.86. The predicted molar refractivity (Wildman–Crippen MR) is 79.8 cm³/mol. The molecule has 4 nitrogen and oxygen atoms in total. The fourth-order valence-electron chi connectivity index (χ4n) is 2.87. The van der Waals surface area contributed by atoms with Gasteiger partial charge in [-0.2, -0.15) is 0 Å². The molecule has 1 atom stereocenters. The third-order valence-electron chi connectivity index (χ3n) is 4.23. The SMILES string of the molecule is CCN(CC)CCN1Cc2ccccc2C[C@H]1C(=O)O. The van der Waals surface area contributed by atoms with E-state index in [2.05, 4.69) is 29.7 Å². The van der Waals surface area contributed by atoms with Crippen molar-refractivity contribution in [2.45, 2.75) is 32.9 Å². The van der Waals surface area contributed by atoms with Gasteiger partial charge in [-0.3, -0.25) is 9.69 Å². The number of nitrogens with zero attached hydrogens (tertiary/aromatic N) is 2. The van der Waals surface area contributed by atoms with E-state index in [0.29, 0.717) is 6.42 Å². The Bertz CT molecular complexity index is 458. The molecule has 0 fully saturated rings. The fraction of sp³-hybridized carbons (Fsp3) is 0.562. The smallest absolute Gasteiger partial charge is 0.321 e. The molecule has 110 valence electrons. The predicted octanol–water partition coefficient (Wildman–Crippen LogP) is 1.84. The lowest BCUT2D eigenvalue weighted by Crippen LogP contribution is -2.48. The second-order valence-electron chi connectivity index (χ2n) is 5.32. The molecule has 20 heavy (non-hydrogen) atoms. The molecule has 4 heteroatoms. The van der Waals surface area contributed by atoms with Gasteiger partial charge in [-0.1, -0.05) is 38.1 Å². The second-order valence-corrected chi connectivity index (χ2v) is 5.32. The van der Waals surface area contributed by atoms with E-state index in [1.165, 1.54) is 11.1 Å². The average molecular weight is 276 g/mol. The summed E-state index contributed by atoms with van der Waals surface area (Å²) in [6.07, 6.45) is 0.615. The van der Waals surface area contributed by atoms with Crippen molar-refractivity contribution in [3.05, 3.63) is 35.4 Å². The minimum absolute atomic E-state index is 0.388. The molecule has 1 aliphatic heterocycles. The van der Waals surface area contributed by atoms with Gasteiger partial charge < -0.3 is 10.0 Å². The number of hydrogen-bond donors (Lipinski definition) is 1. The van der Waals surface area contributed by atoms with E-state index in [1.54, 1.807) is 0 Å². The summed E-state index contributed by atoms with van der Waals surface area (Å²) in [4.78, 5) is 15.9. The Balaban J connectivity index is 2.08. The number of likely N-dealkylation sites (N-methyl/N-ethyl adjacent to an activating group) is 1. The van der Waals surface area contributed by atoms with Crippen LogP contribution in [0.2, 0.25) is 0 Å². The Morgan fingerprint density at radius 3 is 2.55 bits per heavy atom. The molecule has 1 heterocycles. The van der Waals surface area contributed by atoms with Gasteiger partial charge in [-0.25, -0.2) is 0 Å². The molecule has 0 unspecified atom stereocenters. The highest BCUT2D eigenvalue weighted by Gasteiger charge is 2.30. The number of carboxylic acid groups (broad SMARTS) is 1. The Morgan fingerprint density at radius 1 is 1.30 bits per heavy atom. The lowest BCUT2D eigenvalue weighted by Gasteiger charge is -2.35. The zero-order valence-corrected chi connectivity index (χ0v) is 12.4. The van der Waals surface area contributed by atoms with Crippen LogP contribution in [0.5, 0.6) is 0 Å². The summed E-state index contributed by atoms with van der Waals surface area (Å²) in [5.41, 5.74) is 2.45. The van der Waals surface area contributed by atoms with E-state index in [9.17, 15) is 9.90 Å². The quantitative estimate of drug-likeness (QED) is 0.861. The topological polar surface area (TPSA) is 43.8 Å². The van der Waals surface area contributed by atoms with Crippen LogP contribution in [0, 0.1) is 0 Å². The Hall–Kier alpha value is -1.39. The molecule has 0 radical (unpaired) electrons. The van der Waals surface area contributed by atoms with Crippen molar-refractivity contribution >= 4 is 5.97 Å². The van der Waals surface area contributed by atoms with Gasteiger partial charge in [0.25, 0.3) is 0 Å². The maximum Gasteiger partial charge on any atom is 0.321 e. The number of carboxylic acids is 1. The normalized spacial score (nSPS) is 19.1. The number of rotatable bonds is 6. The van der Waals surface area contributed by atoms with E-state index < -0.39 is 5.97 Å². The molecule has 1 N–H and O–H groups in total. The first-order valence-corrected chi connectivity index (χ1v) is 7.41. The first kappa shape index (κ1) is 15.0. The minimum Gasteiger partial charge on any atom is -0.480 e. The highest BCUT2D eigenvalue weighted by atomic mass is 16.4. The van der Waals surface area contributed by atoms with Crippen molar-refractivity contribution in [1.82, 2.24) is 9.80 Å². The lowest BCUT2D eigenvalue weighted by molar-refractivity contribution is -0.144. The Kier molecular flexibility index (Phi) is 5.15. The van der Waals surface area contributed by atoms with Crippen LogP contribution in [0.4, 0.5) is 0 Å². The standard InChI is InChI=1S/C16H24N2O2/c1-3-17(4-2)9-10-18-12-14-8-6-5-7-13(14)11-15(18)16(19)20/h5-8,15H,3-4,9-12H2,1-2H3,(H,19,20)/t15-/m0/s1. The minimum atomic E-state index is -0.709. The van der Waals surface area contributed by atoms with Gasteiger partial charge in [0.05, 0.1) is 0 Å². The maximum absolute atomic E-state index is 11.5. The molecule has 0 saturated carbocycles. The van der Waals surface area contributed by atoms with Gasteiger partial charge in [-0.05, 0) is 30.6 Å². The number of carbonyl (C=O) groups is 1. The highest BCUT2D eigenvalue weighted by Crippen LogP contribution is 2.23. The molecular formula is C16H24N2O2. The summed E-state index contributed by atoms with van der Waals surface area (Å²) in [6.45, 7) is 8.80. The van der Waals surface area contributed by atoms with Crippen molar-refractivity contribution in [2.75, 3.05) is 26.2 Å². The zero-order chi connectivity index (χ0) is 14.5. The molecule has 1 aromatic carbocycles. The highest BCUT2D eigenvalue weighted by molar-refractivity contribution is 5.74. The number of hydrogen-bond acceptors (Lipinski definition) is 3. The van der Waals surface area contributed by atoms with Crippen molar-refractivity contribution in [3.8, 4) is 0 Å². The van der Waals surface area contributed by atoms with Crippen LogP contribution in [0.25, 0.3) is 0 Å². The van der Waals surface area contributed by atoms with Crippen LogP contribution in [-0.2, 0) is 17.8 Å². The Morgan fingerprint density at radius 2 is 1.95 bits per heavy atom. The van der Waals surface area contributed by atoms with Crippen LogP contribution in [0.1, 0.15) is 25.0 Å². The van der Waals surface area contributed by atoms with Crippen LogP contribution >= 0.6 is 0 Å². The van der Waals surface area contributed by atoms with Gasteiger partial charge in [0.15, 0.2) is 0 Å². The van der Waals surface area contributed by atoms with Gasteiger partial charge in [0.2, 0.25) is 0 Å². The third kappa shape index (κ3) is 3.38. The lowest BCUT2D eigenvalue weighted by atomic mass is 9.94. The van der Waals surface area contributed by atoms with Crippen LogP contribution in [0.15, 0.2) is 24.3 Å². The summed E-state index contributed by atoms with van der Waals surface area (Å²) in [7, 11) is 0. The molecule has 1 aromatic rings. The average Bonchev–Trinajstić information content (AvgIpc) is 2.47. The van der Waals surface area contributed by atoms with Gasteiger partial charge in [0.1, 0.15) is 6.04 Å². The van der Waals surface area contributed by atoms with E-state index in [4.69, 9.17) is 0 Å². The van der Waals surface area contributed by atoms with Gasteiger partial charge in [-0.15, -0.1) is 0 Å². The van der Waals surface area contributed by atoms with E-state index in [0.717, 1.165) is 32.7 Å². The van der Waals surface area contributed by atoms with E-state index in [-0.39, 0.29) is 6.04 Å². The molecule has 0 saturated heterocycles. The fourth-order valence-corrected chi connectivity index (χ4v) is 2.87. The molecule has 0 aliphatic carbocycles. The Labute approximate surface area is 121 Å². The summed E-state index contributed by atoms with van der Waals surface area (Å²) in [5.74, 6) is -0.709. The number of benzene rings is 1. The molecule has 1 aliphatic rings. The van der Waals surface area contributed by atoms with Crippen LogP contribution in [0.3, 0.4) is 0 Å². The molecular weight excluding hydrogens is 252 g/mol. The number of aliphatic carboxylic acids is 1. The maximum atomic E-state index is 11.5. The van der Waals surface area contributed by atoms with Gasteiger partial charge in [0, 0.05) is 19.6 Å². The monoisotopic (exact) mass is 276 g/mol. The number of fused-ring (bicyclic) bond motifs is 1. The largest absolute Gasteiger partial charge is 0.480 e. The molecule has 2 rings (SSSR count). The van der Waals surface area contributed by atoms with E-state index >= 15 is 0 Å². The van der Waals surface area contributed by atoms with Crippen LogP contribution < -0.4 is 0 Å². The van der Waals surface area contributed by atoms with Crippen molar-refractivity contribution in [3.63, 3.8) is 0 Å². The first-order chi connectivity index (χ1) is 9.65. The third-order valence-corrected chi connectivity index (χ3v) is 4.23. The molecule has 0 aromatic heterocycles. The summed E-state index contributed by atoms with van der Waals surface area (Å²) in [5, 5.41) is 9.46. The van der Waals surface area contributed by atoms with Crippen molar-refractivity contribution < 1.29 is 9.90 Å². The summed E-state index contributed by atoms with van der Waals surface area (Å²) >= 11 is 0. The molecule has 0 amide bonds. The van der Waals surface area contributed by atoms with Crippen LogP contribution in [-0.4, -0.2) is 53.1 Å². The molecule has 0 bridgehead atoms. The van der Waals surface area contributed by atoms with Crippen molar-refractivity contribution in [2.24, 2.45) is 0 Å².